The minimum Gasteiger partial charge on any atom is -0.285 e. The van der Waals surface area contributed by atoms with Crippen LogP contribution in [0, 0.1) is 10.1 Å². The zero-order valence-corrected chi connectivity index (χ0v) is 17.9. The molecule has 30 heavy (non-hydrogen) atoms. The lowest BCUT2D eigenvalue weighted by Crippen LogP contribution is -2.32. The summed E-state index contributed by atoms with van der Waals surface area (Å²) in [7, 11) is 0. The largest absolute Gasteiger partial charge is 0.285 e. The van der Waals surface area contributed by atoms with E-state index in [0.29, 0.717) is 33.7 Å². The van der Waals surface area contributed by atoms with Crippen LogP contribution in [0.1, 0.15) is 11.1 Å². The number of rotatable bonds is 7. The second-order valence-electron chi connectivity index (χ2n) is 6.26. The number of amidine groups is 1. The molecule has 1 aliphatic heterocycles. The number of halogens is 2. The van der Waals surface area contributed by atoms with E-state index in [9.17, 15) is 14.9 Å². The van der Waals surface area contributed by atoms with E-state index in [4.69, 9.17) is 23.2 Å². The van der Waals surface area contributed by atoms with Crippen LogP contribution in [0.2, 0.25) is 10.0 Å². The van der Waals surface area contributed by atoms with Crippen LogP contribution in [-0.2, 0) is 11.2 Å². The van der Waals surface area contributed by atoms with E-state index in [1.54, 1.807) is 36.4 Å². The first-order valence-electron chi connectivity index (χ1n) is 8.77. The van der Waals surface area contributed by atoms with Gasteiger partial charge in [0.2, 0.25) is 5.91 Å². The summed E-state index contributed by atoms with van der Waals surface area (Å²) in [6.07, 6.45) is 3.49. The van der Waals surface area contributed by atoms with E-state index >= 15 is 0 Å². The number of thioether (sulfide) groups is 1. The van der Waals surface area contributed by atoms with Crippen LogP contribution in [0.3, 0.4) is 0 Å². The normalized spacial score (nSPS) is 17.8. The molecule has 1 unspecified atom stereocenters. The van der Waals surface area contributed by atoms with Crippen molar-refractivity contribution in [3.8, 4) is 0 Å². The van der Waals surface area contributed by atoms with Gasteiger partial charge >= 0.3 is 0 Å². The molecule has 1 saturated heterocycles. The predicted octanol–water partition coefficient (Wildman–Crippen LogP) is 4.96. The van der Waals surface area contributed by atoms with Crippen LogP contribution in [-0.4, -0.2) is 38.9 Å². The van der Waals surface area contributed by atoms with Crippen molar-refractivity contribution in [3.05, 3.63) is 86.4 Å². The van der Waals surface area contributed by atoms with Crippen LogP contribution in [0.15, 0.2) is 65.3 Å². The lowest BCUT2D eigenvalue weighted by Gasteiger charge is -2.13. The van der Waals surface area contributed by atoms with Gasteiger partial charge in [0.15, 0.2) is 5.17 Å². The summed E-state index contributed by atoms with van der Waals surface area (Å²) in [6, 6.07) is 11.1. The van der Waals surface area contributed by atoms with Crippen molar-refractivity contribution in [2.75, 3.05) is 6.54 Å². The fraction of sp³-hybridized carbons (Fsp3) is 0.150. The predicted molar refractivity (Wildman–Crippen MR) is 122 cm³/mol. The maximum Gasteiger partial charge on any atom is 0.269 e. The van der Waals surface area contributed by atoms with E-state index in [-0.39, 0.29) is 11.6 Å². The SMILES string of the molecule is C=CCN1C(=O)C(Cc2cc(Cl)ccc2Cl)SC1=NN=Cc1ccc([N+](=O)[O-])cc1. The zero-order chi connectivity index (χ0) is 21.7. The molecular weight excluding hydrogens is 447 g/mol. The number of benzene rings is 2. The van der Waals surface area contributed by atoms with Gasteiger partial charge in [-0.05, 0) is 47.9 Å². The summed E-state index contributed by atoms with van der Waals surface area (Å²) in [4.78, 5) is 24.6. The number of nitrogens with zero attached hydrogens (tertiary/aromatic N) is 4. The van der Waals surface area contributed by atoms with Crippen molar-refractivity contribution in [1.29, 1.82) is 0 Å². The average Bonchev–Trinajstić information content (AvgIpc) is 3.00. The van der Waals surface area contributed by atoms with Gasteiger partial charge in [-0.15, -0.1) is 11.7 Å². The molecule has 0 radical (unpaired) electrons. The molecule has 0 saturated carbocycles. The first-order chi connectivity index (χ1) is 14.4. The molecule has 0 aliphatic carbocycles. The fourth-order valence-corrected chi connectivity index (χ4v) is 4.26. The summed E-state index contributed by atoms with van der Waals surface area (Å²) in [5.41, 5.74) is 1.43. The smallest absolute Gasteiger partial charge is 0.269 e. The van der Waals surface area contributed by atoms with E-state index in [2.05, 4.69) is 16.8 Å². The molecule has 0 N–H and O–H groups in total. The van der Waals surface area contributed by atoms with E-state index in [1.807, 2.05) is 0 Å². The van der Waals surface area contributed by atoms with Gasteiger partial charge in [0, 0.05) is 28.7 Å². The number of hydrogen-bond acceptors (Lipinski definition) is 6. The minimum atomic E-state index is -0.471. The highest BCUT2D eigenvalue weighted by molar-refractivity contribution is 8.15. The van der Waals surface area contributed by atoms with Crippen molar-refractivity contribution < 1.29 is 9.72 Å². The van der Waals surface area contributed by atoms with Crippen molar-refractivity contribution in [1.82, 2.24) is 4.90 Å². The number of nitro benzene ring substituents is 1. The number of nitro groups is 1. The molecule has 154 valence electrons. The molecule has 1 heterocycles. The lowest BCUT2D eigenvalue weighted by atomic mass is 10.1. The summed E-state index contributed by atoms with van der Waals surface area (Å²) >= 11 is 13.6. The molecule has 0 bridgehead atoms. The molecule has 10 heteroatoms. The third kappa shape index (κ3) is 5.27. The third-order valence-corrected chi connectivity index (χ3v) is 5.97. The molecule has 1 amide bonds. The molecular formula is C20H16Cl2N4O3S. The van der Waals surface area contributed by atoms with Gasteiger partial charge in [-0.3, -0.25) is 19.8 Å². The average molecular weight is 463 g/mol. The number of carbonyl (C=O) groups is 1. The third-order valence-electron chi connectivity index (χ3n) is 4.20. The van der Waals surface area contributed by atoms with Gasteiger partial charge in [-0.25, -0.2) is 0 Å². The highest BCUT2D eigenvalue weighted by atomic mass is 35.5. The molecule has 2 aromatic rings. The quantitative estimate of drug-likeness (QED) is 0.251. The van der Waals surface area contributed by atoms with Crippen LogP contribution in [0.4, 0.5) is 5.69 Å². The number of carbonyl (C=O) groups excluding carboxylic acids is 1. The summed E-state index contributed by atoms with van der Waals surface area (Å²) in [5.74, 6) is -0.111. The van der Waals surface area contributed by atoms with E-state index in [0.717, 1.165) is 5.56 Å². The first-order valence-corrected chi connectivity index (χ1v) is 10.4. The molecule has 7 nitrogen and oxygen atoms in total. The van der Waals surface area contributed by atoms with E-state index < -0.39 is 10.2 Å². The highest BCUT2D eigenvalue weighted by Crippen LogP contribution is 2.32. The molecule has 3 rings (SSSR count). The molecule has 0 spiro atoms. The molecule has 1 atom stereocenters. The minimum absolute atomic E-state index is 0.00455. The van der Waals surface area contributed by atoms with Crippen molar-refractivity contribution >= 4 is 57.9 Å². The standard InChI is InChI=1S/C20H16Cl2N4O3S/c1-2-9-25-19(27)18(11-14-10-15(21)5-8-17(14)22)30-20(25)24-23-12-13-3-6-16(7-4-13)26(28)29/h2-8,10,12,18H,1,9,11H2. The Morgan fingerprint density at radius 2 is 1.97 bits per heavy atom. The van der Waals surface area contributed by atoms with Crippen LogP contribution in [0.5, 0.6) is 0 Å². The lowest BCUT2D eigenvalue weighted by molar-refractivity contribution is -0.384. The van der Waals surface area contributed by atoms with Gasteiger partial charge in [-0.2, -0.15) is 5.10 Å². The molecule has 0 aromatic heterocycles. The second-order valence-corrected chi connectivity index (χ2v) is 8.27. The highest BCUT2D eigenvalue weighted by Gasteiger charge is 2.37. The number of non-ortho nitro benzene ring substituents is 1. The van der Waals surface area contributed by atoms with Crippen LogP contribution < -0.4 is 0 Å². The topological polar surface area (TPSA) is 88.2 Å². The fourth-order valence-electron chi connectivity index (χ4n) is 2.74. The number of amides is 1. The van der Waals surface area contributed by atoms with Gasteiger partial charge in [0.25, 0.3) is 5.69 Å². The Labute approximate surface area is 187 Å². The maximum absolute atomic E-state index is 12.8. The van der Waals surface area contributed by atoms with Crippen LogP contribution >= 0.6 is 35.0 Å². The first kappa shape index (κ1) is 22.0. The van der Waals surface area contributed by atoms with Gasteiger partial charge in [-0.1, -0.05) is 41.0 Å². The van der Waals surface area contributed by atoms with E-state index in [1.165, 1.54) is 35.0 Å². The van der Waals surface area contributed by atoms with Gasteiger partial charge < -0.3 is 0 Å². The number of hydrogen-bond donors (Lipinski definition) is 0. The van der Waals surface area contributed by atoms with Crippen molar-refractivity contribution in [3.63, 3.8) is 0 Å². The Morgan fingerprint density at radius 3 is 2.63 bits per heavy atom. The second kappa shape index (κ2) is 9.88. The summed E-state index contributed by atoms with van der Waals surface area (Å²) in [5, 5.41) is 20.1. The van der Waals surface area contributed by atoms with Crippen molar-refractivity contribution in [2.45, 2.75) is 11.7 Å². The maximum atomic E-state index is 12.8. The summed E-state index contributed by atoms with van der Waals surface area (Å²) in [6.45, 7) is 3.99. The Hall–Kier alpha value is -2.68. The van der Waals surface area contributed by atoms with Gasteiger partial charge in [0.05, 0.1) is 16.4 Å². The Bertz CT molecular complexity index is 1040. The van der Waals surface area contributed by atoms with Gasteiger partial charge in [0.1, 0.15) is 0 Å². The Kier molecular flexibility index (Phi) is 7.25. The molecule has 2 aromatic carbocycles. The molecule has 1 aliphatic rings. The monoisotopic (exact) mass is 462 g/mol. The zero-order valence-electron chi connectivity index (χ0n) is 15.6. The summed E-state index contributed by atoms with van der Waals surface area (Å²) < 4.78 is 0. The molecule has 1 fully saturated rings. The Balaban J connectivity index is 1.77. The van der Waals surface area contributed by atoms with Crippen LogP contribution in [0.25, 0.3) is 0 Å². The Morgan fingerprint density at radius 1 is 1.23 bits per heavy atom. The van der Waals surface area contributed by atoms with Crippen molar-refractivity contribution in [2.24, 2.45) is 10.2 Å².